The molecule has 3 N–H and O–H groups in total. The van der Waals surface area contributed by atoms with Crippen LogP contribution in [0.4, 0.5) is 11.6 Å². The van der Waals surface area contributed by atoms with Gasteiger partial charge in [0.05, 0.1) is 0 Å². The lowest BCUT2D eigenvalue weighted by molar-refractivity contribution is -0.388. The Balaban J connectivity index is 2.28. The van der Waals surface area contributed by atoms with Gasteiger partial charge in [-0.2, -0.15) is 0 Å². The van der Waals surface area contributed by atoms with Crippen molar-refractivity contribution in [2.75, 3.05) is 24.5 Å². The fourth-order valence-electron chi connectivity index (χ4n) is 2.04. The molecule has 0 spiro atoms. The molecule has 18 heavy (non-hydrogen) atoms. The highest BCUT2D eigenvalue weighted by Crippen LogP contribution is 2.26. The Kier molecular flexibility index (Phi) is 3.15. The number of primary amides is 1. The van der Waals surface area contributed by atoms with Crippen LogP contribution in [0.1, 0.15) is 0 Å². The third-order valence-electron chi connectivity index (χ3n) is 2.88. The molecule has 0 aromatic carbocycles. The first-order valence-electron chi connectivity index (χ1n) is 5.44. The summed E-state index contributed by atoms with van der Waals surface area (Å²) in [6, 6.07) is -0.506. The molecule has 2 rings (SSSR count). The van der Waals surface area contributed by atoms with Gasteiger partial charge in [0.2, 0.25) is 18.1 Å². The fraction of sp³-hybridized carbons (Fsp3) is 0.556. The number of nitrogens with one attached hydrogen (secondary N) is 1. The number of carbonyl (C=O) groups is 1. The molecule has 9 heteroatoms. The number of imidazole rings is 1. The summed E-state index contributed by atoms with van der Waals surface area (Å²) < 4.78 is 1.57. The fourth-order valence-corrected chi connectivity index (χ4v) is 2.04. The van der Waals surface area contributed by atoms with Crippen molar-refractivity contribution in [2.45, 2.75) is 6.04 Å². The number of aryl methyl sites for hydroxylation is 1. The Hall–Kier alpha value is -2.16. The van der Waals surface area contributed by atoms with Crippen molar-refractivity contribution in [2.24, 2.45) is 12.8 Å². The first-order valence-corrected chi connectivity index (χ1v) is 5.44. The summed E-state index contributed by atoms with van der Waals surface area (Å²) in [7, 11) is 1.68. The number of aromatic nitrogens is 2. The summed E-state index contributed by atoms with van der Waals surface area (Å²) in [6.45, 7) is 1.40. The first kappa shape index (κ1) is 12.3. The number of nitro groups is 1. The number of piperazine rings is 1. The van der Waals surface area contributed by atoms with E-state index in [0.29, 0.717) is 25.5 Å². The molecular weight excluding hydrogens is 240 g/mol. The molecule has 1 fully saturated rings. The zero-order chi connectivity index (χ0) is 13.3. The van der Waals surface area contributed by atoms with Gasteiger partial charge < -0.3 is 26.1 Å². The molecule has 9 nitrogen and oxygen atoms in total. The number of hydrogen-bond acceptors (Lipinski definition) is 6. The molecule has 1 amide bonds. The van der Waals surface area contributed by atoms with E-state index in [9.17, 15) is 14.9 Å². The van der Waals surface area contributed by atoms with Gasteiger partial charge in [-0.05, 0) is 9.91 Å². The largest absolute Gasteiger partial charge is 0.406 e. The predicted octanol–water partition coefficient (Wildman–Crippen LogP) is -1.41. The molecular formula is C9H14N6O3. The highest BCUT2D eigenvalue weighted by molar-refractivity contribution is 5.81. The lowest BCUT2D eigenvalue weighted by Crippen LogP contribution is -2.56. The van der Waals surface area contributed by atoms with Gasteiger partial charge in [0, 0.05) is 26.7 Å². The molecule has 98 valence electrons. The van der Waals surface area contributed by atoms with E-state index < -0.39 is 16.9 Å². The van der Waals surface area contributed by atoms with E-state index in [0.717, 1.165) is 0 Å². The quantitative estimate of drug-likeness (QED) is 0.505. The maximum atomic E-state index is 11.1. The van der Waals surface area contributed by atoms with E-state index >= 15 is 0 Å². The molecule has 1 aromatic heterocycles. The van der Waals surface area contributed by atoms with Crippen molar-refractivity contribution in [3.05, 3.63) is 16.4 Å². The van der Waals surface area contributed by atoms with E-state index in [1.54, 1.807) is 16.5 Å². The van der Waals surface area contributed by atoms with Gasteiger partial charge in [-0.1, -0.05) is 0 Å². The molecule has 0 bridgehead atoms. The van der Waals surface area contributed by atoms with Crippen molar-refractivity contribution in [1.82, 2.24) is 14.9 Å². The monoisotopic (exact) mass is 254 g/mol. The first-order chi connectivity index (χ1) is 8.50. The standard InChI is InChI=1S/C9H14N6O3/c1-13-5-12-8(15(17)18)9(13)14-3-2-11-6(4-14)7(10)16/h5-6,11H,2-4H2,1H3,(H2,10,16). The van der Waals surface area contributed by atoms with Crippen molar-refractivity contribution < 1.29 is 9.72 Å². The SMILES string of the molecule is Cn1cnc([N+](=O)[O-])c1N1CCNC(C(N)=O)C1. The molecule has 1 unspecified atom stereocenters. The Morgan fingerprint density at radius 2 is 2.44 bits per heavy atom. The van der Waals surface area contributed by atoms with Gasteiger partial charge in [0.15, 0.2) is 0 Å². The number of hydrogen-bond donors (Lipinski definition) is 2. The number of anilines is 1. The van der Waals surface area contributed by atoms with Gasteiger partial charge in [0.1, 0.15) is 6.04 Å². The average molecular weight is 254 g/mol. The predicted molar refractivity (Wildman–Crippen MR) is 63.1 cm³/mol. The van der Waals surface area contributed by atoms with Crippen molar-refractivity contribution in [3.63, 3.8) is 0 Å². The number of nitrogens with two attached hydrogens (primary N) is 1. The Bertz CT molecular complexity index is 485. The minimum absolute atomic E-state index is 0.206. The van der Waals surface area contributed by atoms with Gasteiger partial charge in [-0.15, -0.1) is 0 Å². The van der Waals surface area contributed by atoms with E-state index in [1.807, 2.05) is 0 Å². The molecule has 1 saturated heterocycles. The topological polar surface area (TPSA) is 119 Å². The summed E-state index contributed by atoms with van der Waals surface area (Å²) in [5, 5.41) is 13.9. The normalized spacial score (nSPS) is 19.8. The van der Waals surface area contributed by atoms with Crippen molar-refractivity contribution in [3.8, 4) is 0 Å². The highest BCUT2D eigenvalue weighted by atomic mass is 16.6. The van der Waals surface area contributed by atoms with Crippen LogP contribution < -0.4 is 16.0 Å². The van der Waals surface area contributed by atoms with E-state index in [2.05, 4.69) is 10.3 Å². The van der Waals surface area contributed by atoms with Crippen LogP contribution in [0, 0.1) is 10.1 Å². The van der Waals surface area contributed by atoms with Gasteiger partial charge in [0.25, 0.3) is 0 Å². The lowest BCUT2D eigenvalue weighted by Gasteiger charge is -2.32. The van der Waals surface area contributed by atoms with Crippen LogP contribution in [0.15, 0.2) is 6.33 Å². The minimum atomic E-state index is -0.531. The Morgan fingerprint density at radius 3 is 3.06 bits per heavy atom. The Morgan fingerprint density at radius 1 is 1.72 bits per heavy atom. The van der Waals surface area contributed by atoms with Crippen LogP contribution in [0.2, 0.25) is 0 Å². The van der Waals surface area contributed by atoms with Gasteiger partial charge >= 0.3 is 5.82 Å². The summed E-state index contributed by atoms with van der Waals surface area (Å²) in [6.07, 6.45) is 1.38. The zero-order valence-electron chi connectivity index (χ0n) is 9.87. The lowest BCUT2D eigenvalue weighted by atomic mass is 10.2. The molecule has 1 aliphatic rings. The maximum Gasteiger partial charge on any atom is 0.406 e. The third kappa shape index (κ3) is 2.12. The van der Waals surface area contributed by atoms with Crippen molar-refractivity contribution in [1.29, 1.82) is 0 Å². The molecule has 0 radical (unpaired) electrons. The smallest absolute Gasteiger partial charge is 0.368 e. The number of nitrogens with zero attached hydrogens (tertiary/aromatic N) is 4. The van der Waals surface area contributed by atoms with Crippen LogP contribution in [0.3, 0.4) is 0 Å². The van der Waals surface area contributed by atoms with Gasteiger partial charge in [-0.3, -0.25) is 9.36 Å². The maximum absolute atomic E-state index is 11.1. The van der Waals surface area contributed by atoms with Crippen LogP contribution in [0.5, 0.6) is 0 Å². The summed E-state index contributed by atoms with van der Waals surface area (Å²) in [4.78, 5) is 27.0. The van der Waals surface area contributed by atoms with Crippen LogP contribution in [-0.2, 0) is 11.8 Å². The second-order valence-electron chi connectivity index (χ2n) is 4.11. The van der Waals surface area contributed by atoms with Gasteiger partial charge in [-0.25, -0.2) is 0 Å². The van der Waals surface area contributed by atoms with E-state index in [1.165, 1.54) is 6.33 Å². The molecule has 1 aromatic rings. The number of rotatable bonds is 3. The highest BCUT2D eigenvalue weighted by Gasteiger charge is 2.31. The molecule has 2 heterocycles. The number of carbonyl (C=O) groups excluding carboxylic acids is 1. The summed E-state index contributed by atoms with van der Waals surface area (Å²) in [5.41, 5.74) is 5.23. The average Bonchev–Trinajstić information content (AvgIpc) is 2.71. The van der Waals surface area contributed by atoms with Crippen LogP contribution in [0.25, 0.3) is 0 Å². The molecule has 1 atom stereocenters. The number of amides is 1. The molecule has 0 aliphatic carbocycles. The van der Waals surface area contributed by atoms with E-state index in [-0.39, 0.29) is 5.82 Å². The zero-order valence-corrected chi connectivity index (χ0v) is 9.87. The summed E-state index contributed by atoms with van der Waals surface area (Å²) in [5.74, 6) is -0.278. The third-order valence-corrected chi connectivity index (χ3v) is 2.88. The van der Waals surface area contributed by atoms with Crippen molar-refractivity contribution >= 4 is 17.5 Å². The molecule has 0 saturated carbocycles. The Labute approximate surface area is 103 Å². The summed E-state index contributed by atoms with van der Waals surface area (Å²) >= 11 is 0. The van der Waals surface area contributed by atoms with Crippen LogP contribution in [-0.4, -0.2) is 46.1 Å². The van der Waals surface area contributed by atoms with E-state index in [4.69, 9.17) is 5.73 Å². The second-order valence-corrected chi connectivity index (χ2v) is 4.11. The second kappa shape index (κ2) is 4.61. The minimum Gasteiger partial charge on any atom is -0.368 e. The molecule has 1 aliphatic heterocycles. The van der Waals surface area contributed by atoms with Crippen LogP contribution >= 0.6 is 0 Å².